The zero-order chi connectivity index (χ0) is 29.4. The molecular formula is C26H45NO12. The van der Waals surface area contributed by atoms with E-state index in [2.05, 4.69) is 10.1 Å². The number of aliphatic carboxylic acids is 3. The Labute approximate surface area is 229 Å². The first-order chi connectivity index (χ1) is 18.6. The van der Waals surface area contributed by atoms with E-state index in [9.17, 15) is 24.0 Å². The van der Waals surface area contributed by atoms with Crippen LogP contribution in [0.5, 0.6) is 0 Å². The highest BCUT2D eigenvalue weighted by molar-refractivity contribution is 5.76. The number of methoxy groups -OCH3 is 1. The van der Waals surface area contributed by atoms with Crippen molar-refractivity contribution in [3.05, 3.63) is 0 Å². The summed E-state index contributed by atoms with van der Waals surface area (Å²) in [5.74, 6) is -3.66. The van der Waals surface area contributed by atoms with E-state index in [1.165, 1.54) is 7.11 Å². The summed E-state index contributed by atoms with van der Waals surface area (Å²) in [5, 5.41) is 29.4. The Bertz CT molecular complexity index is 673. The van der Waals surface area contributed by atoms with Crippen molar-refractivity contribution < 1.29 is 58.2 Å². The average molecular weight is 564 g/mol. The summed E-state index contributed by atoms with van der Waals surface area (Å²) in [4.78, 5) is 56.3. The first-order valence-electron chi connectivity index (χ1n) is 13.4. The number of amides is 1. The number of esters is 1. The van der Waals surface area contributed by atoms with Crippen molar-refractivity contribution in [1.29, 1.82) is 0 Å². The van der Waals surface area contributed by atoms with Crippen molar-refractivity contribution in [2.45, 2.75) is 89.0 Å². The molecule has 0 aromatic rings. The molecule has 0 heterocycles. The summed E-state index contributed by atoms with van der Waals surface area (Å²) >= 11 is 0. The van der Waals surface area contributed by atoms with Crippen LogP contribution in [0.2, 0.25) is 0 Å². The van der Waals surface area contributed by atoms with Crippen molar-refractivity contribution in [2.24, 2.45) is 0 Å². The predicted octanol–water partition coefficient (Wildman–Crippen LogP) is 2.39. The fourth-order valence-corrected chi connectivity index (χ4v) is 3.59. The van der Waals surface area contributed by atoms with Gasteiger partial charge in [0.1, 0.15) is 5.54 Å². The van der Waals surface area contributed by atoms with Gasteiger partial charge in [-0.25, -0.2) is 0 Å². The van der Waals surface area contributed by atoms with Gasteiger partial charge in [0, 0.05) is 12.8 Å². The molecule has 0 spiro atoms. The molecule has 13 nitrogen and oxygen atoms in total. The topological polar surface area (TPSA) is 195 Å². The maximum atomic E-state index is 12.8. The summed E-state index contributed by atoms with van der Waals surface area (Å²) < 4.78 is 21.0. The second-order valence-corrected chi connectivity index (χ2v) is 9.32. The van der Waals surface area contributed by atoms with E-state index < -0.39 is 23.4 Å². The van der Waals surface area contributed by atoms with E-state index >= 15 is 0 Å². The molecule has 0 fully saturated rings. The quantitative estimate of drug-likeness (QED) is 0.0843. The van der Waals surface area contributed by atoms with Crippen molar-refractivity contribution in [3.8, 4) is 0 Å². The van der Waals surface area contributed by atoms with Crippen LogP contribution in [0, 0.1) is 0 Å². The molecule has 226 valence electrons. The molecule has 0 bridgehead atoms. The standard InChI is InChI=1S/C26H45NO12/c1-36-25(35)11-9-7-5-3-2-4-6-8-10-21(28)27-26(18-37-15-12-22(29)30,19-38-16-13-23(31)32)20-39-17-14-24(33)34/h2-20H2,1H3,(H,27,28)(H,29,30)(H,31,32)(H,33,34). The van der Waals surface area contributed by atoms with Gasteiger partial charge < -0.3 is 39.6 Å². The second-order valence-electron chi connectivity index (χ2n) is 9.32. The molecule has 0 aromatic heterocycles. The third kappa shape index (κ3) is 22.9. The molecule has 0 radical (unpaired) electrons. The Hall–Kier alpha value is -2.77. The number of rotatable bonds is 27. The van der Waals surface area contributed by atoms with Crippen molar-refractivity contribution >= 4 is 29.8 Å². The minimum atomic E-state index is -1.25. The highest BCUT2D eigenvalue weighted by atomic mass is 16.5. The Morgan fingerprint density at radius 1 is 0.564 bits per heavy atom. The van der Waals surface area contributed by atoms with Gasteiger partial charge in [0.05, 0.1) is 66.0 Å². The smallest absolute Gasteiger partial charge is 0.305 e. The Morgan fingerprint density at radius 2 is 0.923 bits per heavy atom. The van der Waals surface area contributed by atoms with E-state index in [1.807, 2.05) is 0 Å². The number of ether oxygens (including phenoxy) is 4. The number of unbranched alkanes of at least 4 members (excludes halogenated alkanes) is 7. The number of carbonyl (C=O) groups is 5. The monoisotopic (exact) mass is 563 g/mol. The maximum absolute atomic E-state index is 12.8. The lowest BCUT2D eigenvalue weighted by Gasteiger charge is -2.34. The van der Waals surface area contributed by atoms with Gasteiger partial charge in [-0.15, -0.1) is 0 Å². The molecule has 0 atom stereocenters. The van der Waals surface area contributed by atoms with Gasteiger partial charge in [0.25, 0.3) is 0 Å². The highest BCUT2D eigenvalue weighted by Gasteiger charge is 2.34. The van der Waals surface area contributed by atoms with E-state index in [4.69, 9.17) is 29.5 Å². The van der Waals surface area contributed by atoms with Crippen LogP contribution < -0.4 is 5.32 Å². The molecular weight excluding hydrogens is 518 g/mol. The number of hydrogen-bond acceptors (Lipinski definition) is 9. The van der Waals surface area contributed by atoms with Crippen LogP contribution in [0.25, 0.3) is 0 Å². The third-order valence-corrected chi connectivity index (χ3v) is 5.68. The van der Waals surface area contributed by atoms with Crippen LogP contribution in [0.4, 0.5) is 0 Å². The summed E-state index contributed by atoms with van der Waals surface area (Å²) in [6.45, 7) is -0.869. The van der Waals surface area contributed by atoms with Gasteiger partial charge in [0.2, 0.25) is 5.91 Å². The summed E-state index contributed by atoms with van der Waals surface area (Å²) in [7, 11) is 1.38. The van der Waals surface area contributed by atoms with Crippen LogP contribution in [0.15, 0.2) is 0 Å². The zero-order valence-electron chi connectivity index (χ0n) is 23.0. The number of carboxylic acids is 3. The lowest BCUT2D eigenvalue weighted by molar-refractivity contribution is -0.141. The van der Waals surface area contributed by atoms with Gasteiger partial charge in [-0.2, -0.15) is 0 Å². The lowest BCUT2D eigenvalue weighted by Crippen LogP contribution is -2.58. The minimum absolute atomic E-state index is 0.125. The Balaban J connectivity index is 4.75. The SMILES string of the molecule is COC(=O)CCCCCCCCCCC(=O)NC(COCCC(=O)O)(COCCC(=O)O)COCCC(=O)O. The number of nitrogens with one attached hydrogen (secondary N) is 1. The zero-order valence-corrected chi connectivity index (χ0v) is 23.0. The lowest BCUT2D eigenvalue weighted by atomic mass is 10.0. The molecule has 0 aliphatic heterocycles. The van der Waals surface area contributed by atoms with Crippen molar-refractivity contribution in [3.63, 3.8) is 0 Å². The molecule has 0 aliphatic carbocycles. The molecule has 0 unspecified atom stereocenters. The summed E-state index contributed by atoms with van der Waals surface area (Å²) in [5.41, 5.74) is -1.25. The van der Waals surface area contributed by atoms with Gasteiger partial charge >= 0.3 is 23.9 Å². The van der Waals surface area contributed by atoms with Crippen LogP contribution in [0.3, 0.4) is 0 Å². The largest absolute Gasteiger partial charge is 0.481 e. The molecule has 39 heavy (non-hydrogen) atoms. The maximum Gasteiger partial charge on any atom is 0.305 e. The average Bonchev–Trinajstić information content (AvgIpc) is 2.87. The highest BCUT2D eigenvalue weighted by Crippen LogP contribution is 2.14. The normalized spacial score (nSPS) is 11.2. The van der Waals surface area contributed by atoms with E-state index in [0.29, 0.717) is 12.8 Å². The molecule has 0 saturated carbocycles. The third-order valence-electron chi connectivity index (χ3n) is 5.68. The fourth-order valence-electron chi connectivity index (χ4n) is 3.59. The van der Waals surface area contributed by atoms with Gasteiger partial charge in [-0.1, -0.05) is 38.5 Å². The molecule has 0 rings (SSSR count). The Morgan fingerprint density at radius 3 is 1.28 bits per heavy atom. The molecule has 0 aromatic carbocycles. The first kappa shape index (κ1) is 36.2. The molecule has 13 heteroatoms. The van der Waals surface area contributed by atoms with Crippen molar-refractivity contribution in [1.82, 2.24) is 5.32 Å². The molecule has 0 aliphatic rings. The van der Waals surface area contributed by atoms with Crippen LogP contribution in [0.1, 0.15) is 83.5 Å². The summed E-state index contributed by atoms with van der Waals surface area (Å²) in [6.07, 6.45) is 7.24. The number of carboxylic acid groups (broad SMARTS) is 3. The Kier molecular flexibility index (Phi) is 21.5. The van der Waals surface area contributed by atoms with E-state index in [-0.39, 0.29) is 77.2 Å². The van der Waals surface area contributed by atoms with Gasteiger partial charge in [-0.05, 0) is 12.8 Å². The molecule has 0 saturated heterocycles. The van der Waals surface area contributed by atoms with E-state index in [1.54, 1.807) is 0 Å². The first-order valence-corrected chi connectivity index (χ1v) is 13.4. The van der Waals surface area contributed by atoms with Gasteiger partial charge in [-0.3, -0.25) is 24.0 Å². The van der Waals surface area contributed by atoms with E-state index in [0.717, 1.165) is 44.9 Å². The molecule has 4 N–H and O–H groups in total. The second kappa shape index (κ2) is 23.1. The van der Waals surface area contributed by atoms with Crippen LogP contribution in [-0.4, -0.2) is 97.4 Å². The van der Waals surface area contributed by atoms with Crippen LogP contribution in [-0.2, 0) is 42.9 Å². The minimum Gasteiger partial charge on any atom is -0.481 e. The fraction of sp³-hybridized carbons (Fsp3) is 0.808. The van der Waals surface area contributed by atoms with Crippen molar-refractivity contribution in [2.75, 3.05) is 46.8 Å². The molecule has 1 amide bonds. The predicted molar refractivity (Wildman–Crippen MR) is 138 cm³/mol. The van der Waals surface area contributed by atoms with Gasteiger partial charge in [0.15, 0.2) is 0 Å². The van der Waals surface area contributed by atoms with Crippen LogP contribution >= 0.6 is 0 Å². The number of hydrogen-bond donors (Lipinski definition) is 4. The summed E-state index contributed by atoms with van der Waals surface area (Å²) in [6, 6.07) is 0. The number of carbonyl (C=O) groups excluding carboxylic acids is 2.